The number of hydrogen-bond acceptors (Lipinski definition) is 7. The van der Waals surface area contributed by atoms with Gasteiger partial charge in [0.25, 0.3) is 11.5 Å². The molecule has 10 nitrogen and oxygen atoms in total. The van der Waals surface area contributed by atoms with Crippen molar-refractivity contribution >= 4 is 22.8 Å². The predicted octanol–water partition coefficient (Wildman–Crippen LogP) is 1.60. The molecule has 0 fully saturated rings. The van der Waals surface area contributed by atoms with Gasteiger partial charge in [0.1, 0.15) is 22.6 Å². The second-order valence-corrected chi connectivity index (χ2v) is 5.84. The number of esters is 1. The number of H-pyrrole nitrogens is 1. The molecule has 2 aromatic rings. The summed E-state index contributed by atoms with van der Waals surface area (Å²) in [5.74, 6) is -0.727. The zero-order valence-corrected chi connectivity index (χ0v) is 14.8. The fourth-order valence-corrected chi connectivity index (χ4v) is 2.88. The van der Waals surface area contributed by atoms with E-state index in [9.17, 15) is 14.4 Å². The van der Waals surface area contributed by atoms with Crippen LogP contribution < -0.4 is 15.7 Å². The maximum absolute atomic E-state index is 12.7. The van der Waals surface area contributed by atoms with Crippen molar-refractivity contribution in [3.05, 3.63) is 58.3 Å². The fourth-order valence-electron chi connectivity index (χ4n) is 2.88. The summed E-state index contributed by atoms with van der Waals surface area (Å²) in [4.78, 5) is 36.6. The van der Waals surface area contributed by atoms with Gasteiger partial charge >= 0.3 is 5.97 Å². The Hall–Kier alpha value is -4.08. The average Bonchev–Trinajstić information content (AvgIpc) is 3.33. The SMILES string of the molecule is COC(=O)c1cn(NC(=O)c2cc(OC)c3ccoc3c2)cc2c(=O)[nH]nc1-2. The maximum Gasteiger partial charge on any atom is 0.341 e. The van der Waals surface area contributed by atoms with Gasteiger partial charge in [0.05, 0.1) is 31.4 Å². The number of nitrogens with one attached hydrogen (secondary N) is 2. The Balaban J connectivity index is 1.75. The molecule has 0 saturated carbocycles. The van der Waals surface area contributed by atoms with Crippen molar-refractivity contribution in [1.82, 2.24) is 14.9 Å². The van der Waals surface area contributed by atoms with Gasteiger partial charge in [-0.3, -0.25) is 19.7 Å². The van der Waals surface area contributed by atoms with Gasteiger partial charge in [0.2, 0.25) is 0 Å². The Morgan fingerprint density at radius 2 is 2.07 bits per heavy atom. The van der Waals surface area contributed by atoms with Crippen LogP contribution in [0.2, 0.25) is 0 Å². The van der Waals surface area contributed by atoms with Crippen molar-refractivity contribution in [3.63, 3.8) is 0 Å². The summed E-state index contributed by atoms with van der Waals surface area (Å²) in [6, 6.07) is 4.85. The van der Waals surface area contributed by atoms with E-state index in [1.54, 1.807) is 18.2 Å². The maximum atomic E-state index is 12.7. The third-order valence-corrected chi connectivity index (χ3v) is 4.21. The molecule has 0 spiro atoms. The first-order valence-corrected chi connectivity index (χ1v) is 8.07. The number of carbonyl (C=O) groups excluding carboxylic acids is 2. The summed E-state index contributed by atoms with van der Waals surface area (Å²) in [6.07, 6.45) is 4.16. The van der Waals surface area contributed by atoms with Crippen molar-refractivity contribution in [2.75, 3.05) is 19.6 Å². The third-order valence-electron chi connectivity index (χ3n) is 4.21. The summed E-state index contributed by atoms with van der Waals surface area (Å²) in [7, 11) is 2.70. The molecule has 1 amide bonds. The predicted molar refractivity (Wildman–Crippen MR) is 97.3 cm³/mol. The molecule has 4 rings (SSSR count). The number of amides is 1. The van der Waals surface area contributed by atoms with Crippen LogP contribution in [-0.4, -0.2) is 41.0 Å². The number of pyridine rings is 1. The van der Waals surface area contributed by atoms with Gasteiger partial charge < -0.3 is 13.9 Å². The van der Waals surface area contributed by atoms with E-state index in [4.69, 9.17) is 13.9 Å². The average molecular weight is 382 g/mol. The highest BCUT2D eigenvalue weighted by atomic mass is 16.5. The van der Waals surface area contributed by atoms with Gasteiger partial charge in [-0.15, -0.1) is 0 Å². The van der Waals surface area contributed by atoms with Crippen LogP contribution in [0.15, 0.2) is 46.1 Å². The normalized spacial score (nSPS) is 10.9. The van der Waals surface area contributed by atoms with E-state index in [0.29, 0.717) is 11.3 Å². The summed E-state index contributed by atoms with van der Waals surface area (Å²) in [6.45, 7) is 0. The zero-order chi connectivity index (χ0) is 19.8. The molecule has 2 aliphatic rings. The molecule has 2 aliphatic heterocycles. The number of rotatable bonds is 4. The van der Waals surface area contributed by atoms with Gasteiger partial charge in [-0.2, -0.15) is 5.10 Å². The van der Waals surface area contributed by atoms with E-state index >= 15 is 0 Å². The highest BCUT2D eigenvalue weighted by molar-refractivity contribution is 6.04. The number of furan rings is 1. The number of ether oxygens (including phenoxy) is 2. The molecule has 28 heavy (non-hydrogen) atoms. The molecule has 0 atom stereocenters. The quantitative estimate of drug-likeness (QED) is 0.513. The second kappa shape index (κ2) is 6.58. The molecule has 3 heterocycles. The number of aromatic amines is 1. The van der Waals surface area contributed by atoms with E-state index in [-0.39, 0.29) is 22.4 Å². The zero-order valence-electron chi connectivity index (χ0n) is 14.8. The Kier molecular flexibility index (Phi) is 4.07. The van der Waals surface area contributed by atoms with Gasteiger partial charge in [0.15, 0.2) is 0 Å². The molecule has 10 heteroatoms. The molecule has 2 N–H and O–H groups in total. The molecule has 1 aromatic carbocycles. The van der Waals surface area contributed by atoms with E-state index in [2.05, 4.69) is 15.6 Å². The molecule has 142 valence electrons. The lowest BCUT2D eigenvalue weighted by Crippen LogP contribution is -2.25. The summed E-state index contributed by atoms with van der Waals surface area (Å²) in [5.41, 5.74) is 3.14. The fraction of sp³-hybridized carbons (Fsp3) is 0.111. The van der Waals surface area contributed by atoms with Crippen LogP contribution >= 0.6 is 0 Å². The lowest BCUT2D eigenvalue weighted by Gasteiger charge is -2.13. The van der Waals surface area contributed by atoms with Crippen molar-refractivity contribution < 1.29 is 23.5 Å². The minimum atomic E-state index is -0.696. The van der Waals surface area contributed by atoms with Gasteiger partial charge in [-0.05, 0) is 18.2 Å². The number of fused-ring (bicyclic) bond motifs is 2. The van der Waals surface area contributed by atoms with Crippen molar-refractivity contribution in [1.29, 1.82) is 0 Å². The van der Waals surface area contributed by atoms with E-state index in [0.717, 1.165) is 5.39 Å². The molecule has 1 aromatic heterocycles. The van der Waals surface area contributed by atoms with Crippen LogP contribution in [0.5, 0.6) is 5.75 Å². The van der Waals surface area contributed by atoms with E-state index in [1.165, 1.54) is 37.6 Å². The minimum Gasteiger partial charge on any atom is -0.496 e. The highest BCUT2D eigenvalue weighted by Crippen LogP contribution is 2.28. The second-order valence-electron chi connectivity index (χ2n) is 5.84. The first kappa shape index (κ1) is 17.3. The number of carbonyl (C=O) groups is 2. The van der Waals surface area contributed by atoms with Crippen molar-refractivity contribution in [3.8, 4) is 17.0 Å². The van der Waals surface area contributed by atoms with Crippen molar-refractivity contribution in [2.24, 2.45) is 0 Å². The van der Waals surface area contributed by atoms with Gasteiger partial charge in [-0.1, -0.05) is 0 Å². The number of nitrogens with zero attached hydrogens (tertiary/aromatic N) is 2. The van der Waals surface area contributed by atoms with Crippen LogP contribution in [-0.2, 0) is 4.74 Å². The summed E-state index contributed by atoms with van der Waals surface area (Å²) < 4.78 is 16.6. The van der Waals surface area contributed by atoms with Crippen LogP contribution in [0.25, 0.3) is 22.2 Å². The summed E-state index contributed by atoms with van der Waals surface area (Å²) >= 11 is 0. The van der Waals surface area contributed by atoms with Crippen molar-refractivity contribution in [2.45, 2.75) is 0 Å². The monoisotopic (exact) mass is 382 g/mol. The lowest BCUT2D eigenvalue weighted by atomic mass is 10.1. The Morgan fingerprint density at radius 1 is 1.25 bits per heavy atom. The largest absolute Gasteiger partial charge is 0.496 e. The Labute approximate surface area is 157 Å². The van der Waals surface area contributed by atoms with E-state index < -0.39 is 17.4 Å². The Bertz CT molecular complexity index is 1230. The highest BCUT2D eigenvalue weighted by Gasteiger charge is 2.22. The standard InChI is InChI=1S/C18H14N4O6/c1-26-13-5-9(6-14-10(13)3-4-28-14)16(23)21-22-7-11-15(19-20-17(11)24)12(8-22)18(25)27-2/h3-8H,1-2H3,(H,20,24)(H,21,23). The number of hydrogen-bond donors (Lipinski definition) is 2. The molecule has 0 unspecified atom stereocenters. The van der Waals surface area contributed by atoms with Crippen LogP contribution in [0.4, 0.5) is 0 Å². The molecule has 0 aliphatic carbocycles. The molecular weight excluding hydrogens is 368 g/mol. The molecule has 0 saturated heterocycles. The molecular formula is C18H14N4O6. The molecule has 0 radical (unpaired) electrons. The number of aromatic nitrogens is 3. The smallest absolute Gasteiger partial charge is 0.341 e. The number of methoxy groups -OCH3 is 2. The van der Waals surface area contributed by atoms with Crippen LogP contribution in [0.1, 0.15) is 20.7 Å². The molecule has 0 bridgehead atoms. The summed E-state index contributed by atoms with van der Waals surface area (Å²) in [5, 5.41) is 6.83. The van der Waals surface area contributed by atoms with Crippen LogP contribution in [0.3, 0.4) is 0 Å². The topological polar surface area (TPSA) is 128 Å². The number of benzene rings is 1. The van der Waals surface area contributed by atoms with E-state index in [1.807, 2.05) is 0 Å². The first-order chi connectivity index (χ1) is 13.5. The van der Waals surface area contributed by atoms with Gasteiger partial charge in [-0.25, -0.2) is 9.89 Å². The minimum absolute atomic E-state index is 0.0257. The van der Waals surface area contributed by atoms with Crippen LogP contribution in [0, 0.1) is 0 Å². The Morgan fingerprint density at radius 3 is 2.82 bits per heavy atom. The first-order valence-electron chi connectivity index (χ1n) is 8.07. The van der Waals surface area contributed by atoms with Gasteiger partial charge in [0, 0.05) is 18.0 Å². The lowest BCUT2D eigenvalue weighted by molar-refractivity contribution is 0.0600. The third kappa shape index (κ3) is 2.76.